The molecule has 0 radical (unpaired) electrons. The van der Waals surface area contributed by atoms with Gasteiger partial charge in [-0.2, -0.15) is 0 Å². The van der Waals surface area contributed by atoms with E-state index < -0.39 is 0 Å². The molecule has 2 N–H and O–H groups in total. The highest BCUT2D eigenvalue weighted by Gasteiger charge is 2.21. The molecule has 90 valence electrons. The van der Waals surface area contributed by atoms with Crippen molar-refractivity contribution in [2.75, 3.05) is 5.75 Å². The van der Waals surface area contributed by atoms with Crippen LogP contribution in [0.15, 0.2) is 29.2 Å². The zero-order valence-corrected chi connectivity index (χ0v) is 11.2. The van der Waals surface area contributed by atoms with E-state index in [-0.39, 0.29) is 11.9 Å². The minimum atomic E-state index is 0.00301. The second-order valence-corrected chi connectivity index (χ2v) is 5.55. The van der Waals surface area contributed by atoms with Gasteiger partial charge in [0.05, 0.1) is 0 Å². The minimum Gasteiger partial charge on any atom is -0.358 e. The van der Waals surface area contributed by atoms with E-state index in [1.54, 1.807) is 11.8 Å². The van der Waals surface area contributed by atoms with Gasteiger partial charge in [0.1, 0.15) is 0 Å². The Bertz CT molecular complexity index is 415. The van der Waals surface area contributed by atoms with Gasteiger partial charge >= 0.3 is 0 Å². The molecule has 1 atom stereocenters. The topological polar surface area (TPSA) is 41.1 Å². The van der Waals surface area contributed by atoms with Crippen LogP contribution in [0.2, 0.25) is 0 Å². The highest BCUT2D eigenvalue weighted by molar-refractivity contribution is 7.99. The second-order valence-electron chi connectivity index (χ2n) is 4.05. The molecule has 5 heteroatoms. The van der Waals surface area contributed by atoms with Gasteiger partial charge in [0.2, 0.25) is 5.91 Å². The van der Waals surface area contributed by atoms with E-state index in [2.05, 4.69) is 41.8 Å². The number of carbonyl (C=O) groups excluding carboxylic acids is 1. The number of hydrogen-bond acceptors (Lipinski definition) is 3. The Labute approximate surface area is 110 Å². The maximum absolute atomic E-state index is 11.3. The van der Waals surface area contributed by atoms with Crippen LogP contribution in [0.1, 0.15) is 12.0 Å². The van der Waals surface area contributed by atoms with Gasteiger partial charge in [-0.15, -0.1) is 11.8 Å². The fourth-order valence-electron chi connectivity index (χ4n) is 1.61. The average Bonchev–Trinajstić information content (AvgIpc) is 2.27. The molecule has 1 unspecified atom stereocenters. The predicted molar refractivity (Wildman–Crippen MR) is 74.2 cm³/mol. The summed E-state index contributed by atoms with van der Waals surface area (Å²) in [6.45, 7) is 2.07. The lowest BCUT2D eigenvalue weighted by atomic mass is 10.2. The molecule has 1 fully saturated rings. The largest absolute Gasteiger partial charge is 0.358 e. The van der Waals surface area contributed by atoms with Crippen LogP contribution in [-0.4, -0.2) is 22.8 Å². The third-order valence-corrected chi connectivity index (χ3v) is 3.89. The number of aryl methyl sites for hydroxylation is 1. The Balaban J connectivity index is 1.87. The number of nitrogens with one attached hydrogen (secondary N) is 2. The normalized spacial score (nSPS) is 19.7. The fourth-order valence-corrected chi connectivity index (χ4v) is 2.81. The molecule has 1 aliphatic rings. The standard InChI is InChI=1S/C12H14N2OS2/c1-8-2-4-10(5-3-8)17-7-9-6-11(15)14-12(16)13-9/h2-5,9H,6-7H2,1H3,(H2,13,14,15,16). The molecule has 3 nitrogen and oxygen atoms in total. The maximum Gasteiger partial charge on any atom is 0.228 e. The third kappa shape index (κ3) is 3.71. The van der Waals surface area contributed by atoms with E-state index >= 15 is 0 Å². The molecular formula is C12H14N2OS2. The lowest BCUT2D eigenvalue weighted by Crippen LogP contribution is -2.52. The van der Waals surface area contributed by atoms with Gasteiger partial charge in [0.25, 0.3) is 0 Å². The Hall–Kier alpha value is -1.07. The van der Waals surface area contributed by atoms with E-state index in [1.807, 2.05) is 0 Å². The SMILES string of the molecule is Cc1ccc(SCC2CC(=O)NC(=S)N2)cc1. The molecule has 1 aromatic rings. The molecule has 1 heterocycles. The molecule has 0 saturated carbocycles. The average molecular weight is 266 g/mol. The monoisotopic (exact) mass is 266 g/mol. The summed E-state index contributed by atoms with van der Waals surface area (Å²) in [7, 11) is 0. The van der Waals surface area contributed by atoms with Gasteiger partial charge in [-0.3, -0.25) is 4.79 Å². The minimum absolute atomic E-state index is 0.00301. The number of carbonyl (C=O) groups is 1. The molecule has 1 aliphatic heterocycles. The van der Waals surface area contributed by atoms with Crippen LogP contribution in [-0.2, 0) is 4.79 Å². The van der Waals surface area contributed by atoms with Crippen molar-refractivity contribution in [3.63, 3.8) is 0 Å². The van der Waals surface area contributed by atoms with Crippen LogP contribution in [0, 0.1) is 6.92 Å². The molecular weight excluding hydrogens is 252 g/mol. The van der Waals surface area contributed by atoms with Crippen LogP contribution >= 0.6 is 24.0 Å². The van der Waals surface area contributed by atoms with E-state index in [0.717, 1.165) is 5.75 Å². The van der Waals surface area contributed by atoms with Crippen LogP contribution in [0.3, 0.4) is 0 Å². The predicted octanol–water partition coefficient (Wildman–Crippen LogP) is 1.85. The first-order valence-corrected chi connectivity index (χ1v) is 6.82. The van der Waals surface area contributed by atoms with Crippen LogP contribution in [0.5, 0.6) is 0 Å². The van der Waals surface area contributed by atoms with Crippen molar-refractivity contribution >= 4 is 35.0 Å². The van der Waals surface area contributed by atoms with Gasteiger partial charge in [-0.1, -0.05) is 17.7 Å². The van der Waals surface area contributed by atoms with Crippen molar-refractivity contribution in [1.82, 2.24) is 10.6 Å². The number of rotatable bonds is 3. The summed E-state index contributed by atoms with van der Waals surface area (Å²) in [6.07, 6.45) is 0.485. The summed E-state index contributed by atoms with van der Waals surface area (Å²) in [5.41, 5.74) is 1.26. The number of thiocarbonyl (C=S) groups is 1. The molecule has 0 spiro atoms. The van der Waals surface area contributed by atoms with E-state index in [9.17, 15) is 4.79 Å². The van der Waals surface area contributed by atoms with Gasteiger partial charge < -0.3 is 10.6 Å². The zero-order valence-electron chi connectivity index (χ0n) is 9.53. The summed E-state index contributed by atoms with van der Waals surface area (Å²) < 4.78 is 0. The zero-order chi connectivity index (χ0) is 12.3. The molecule has 0 aliphatic carbocycles. The Morgan fingerprint density at radius 1 is 1.41 bits per heavy atom. The molecule has 17 heavy (non-hydrogen) atoms. The van der Waals surface area contributed by atoms with Crippen molar-refractivity contribution < 1.29 is 4.79 Å². The van der Waals surface area contributed by atoms with Gasteiger partial charge in [0.15, 0.2) is 5.11 Å². The van der Waals surface area contributed by atoms with Crippen molar-refractivity contribution in [2.24, 2.45) is 0 Å². The Morgan fingerprint density at radius 2 is 2.12 bits per heavy atom. The molecule has 1 amide bonds. The Morgan fingerprint density at radius 3 is 2.76 bits per heavy atom. The lowest BCUT2D eigenvalue weighted by molar-refractivity contribution is -0.120. The first-order valence-electron chi connectivity index (χ1n) is 5.43. The van der Waals surface area contributed by atoms with Crippen molar-refractivity contribution in [2.45, 2.75) is 24.3 Å². The molecule has 0 aromatic heterocycles. The summed E-state index contributed by atoms with van der Waals surface area (Å²) in [6, 6.07) is 8.51. The molecule has 2 rings (SSSR count). The highest BCUT2D eigenvalue weighted by Crippen LogP contribution is 2.20. The smallest absolute Gasteiger partial charge is 0.228 e. The van der Waals surface area contributed by atoms with Crippen LogP contribution < -0.4 is 10.6 Å². The summed E-state index contributed by atoms with van der Waals surface area (Å²) >= 11 is 6.69. The number of amides is 1. The van der Waals surface area contributed by atoms with Crippen molar-refractivity contribution in [3.8, 4) is 0 Å². The highest BCUT2D eigenvalue weighted by atomic mass is 32.2. The van der Waals surface area contributed by atoms with Crippen LogP contribution in [0.4, 0.5) is 0 Å². The summed E-state index contributed by atoms with van der Waals surface area (Å²) in [5, 5.41) is 6.13. The van der Waals surface area contributed by atoms with Crippen molar-refractivity contribution in [1.29, 1.82) is 0 Å². The van der Waals surface area contributed by atoms with E-state index in [0.29, 0.717) is 11.5 Å². The number of hydrogen-bond donors (Lipinski definition) is 2. The van der Waals surface area contributed by atoms with Crippen molar-refractivity contribution in [3.05, 3.63) is 29.8 Å². The van der Waals surface area contributed by atoms with Gasteiger partial charge in [0, 0.05) is 23.1 Å². The third-order valence-electron chi connectivity index (χ3n) is 2.49. The fraction of sp³-hybridized carbons (Fsp3) is 0.333. The van der Waals surface area contributed by atoms with E-state index in [1.165, 1.54) is 10.5 Å². The number of thioether (sulfide) groups is 1. The quantitative estimate of drug-likeness (QED) is 0.647. The molecule has 1 aromatic carbocycles. The van der Waals surface area contributed by atoms with E-state index in [4.69, 9.17) is 12.2 Å². The first-order chi connectivity index (χ1) is 8.13. The Kier molecular flexibility index (Phi) is 4.02. The summed E-state index contributed by atoms with van der Waals surface area (Å²) in [5.74, 6) is 0.847. The summed E-state index contributed by atoms with van der Waals surface area (Å²) in [4.78, 5) is 12.5. The van der Waals surface area contributed by atoms with Crippen LogP contribution in [0.25, 0.3) is 0 Å². The second kappa shape index (κ2) is 5.51. The molecule has 1 saturated heterocycles. The lowest BCUT2D eigenvalue weighted by Gasteiger charge is -2.24. The maximum atomic E-state index is 11.3. The molecule has 0 bridgehead atoms. The number of benzene rings is 1. The first kappa shape index (κ1) is 12.4. The van der Waals surface area contributed by atoms with Gasteiger partial charge in [-0.05, 0) is 31.3 Å². The van der Waals surface area contributed by atoms with Gasteiger partial charge in [-0.25, -0.2) is 0 Å².